The summed E-state index contributed by atoms with van der Waals surface area (Å²) < 4.78 is 36.4. The molecule has 0 aliphatic carbocycles. The first-order chi connectivity index (χ1) is 22.9. The summed E-state index contributed by atoms with van der Waals surface area (Å²) in [5.74, 6) is 0.563. The van der Waals surface area contributed by atoms with Crippen molar-refractivity contribution in [3.8, 4) is 0 Å². The van der Waals surface area contributed by atoms with Crippen molar-refractivity contribution < 1.29 is 13.2 Å². The summed E-state index contributed by atoms with van der Waals surface area (Å²) in [7, 11) is -2.41. The molecule has 9 nitrogen and oxygen atoms in total. The van der Waals surface area contributed by atoms with E-state index in [4.69, 9.17) is 10.5 Å². The van der Waals surface area contributed by atoms with Gasteiger partial charge in [0.05, 0.1) is 16.2 Å². The Hall–Kier alpha value is -4.19. The molecule has 1 heterocycles. The van der Waals surface area contributed by atoms with Crippen LogP contribution in [-0.4, -0.2) is 51.3 Å². The van der Waals surface area contributed by atoms with Crippen molar-refractivity contribution in [2.24, 2.45) is 15.3 Å². The van der Waals surface area contributed by atoms with Gasteiger partial charge in [-0.1, -0.05) is 42.5 Å². The monoisotopic (exact) mass is 685 g/mol. The van der Waals surface area contributed by atoms with E-state index < -0.39 is 15.6 Å². The number of thioether (sulfide) groups is 1. The highest BCUT2D eigenvalue weighted by Crippen LogP contribution is 2.34. The molecule has 1 aliphatic rings. The number of nitrogens with zero attached hydrogens (tertiary/aromatic N) is 3. The molecule has 0 bridgehead atoms. The molecule has 4 aromatic rings. The lowest BCUT2D eigenvalue weighted by atomic mass is 9.83. The molecule has 0 aromatic heterocycles. The number of ether oxygens (including phenoxy) is 1. The number of benzene rings is 4. The van der Waals surface area contributed by atoms with Gasteiger partial charge in [-0.05, 0) is 105 Å². The molecule has 0 radical (unpaired) electrons. The van der Waals surface area contributed by atoms with Crippen LogP contribution < -0.4 is 16.0 Å². The van der Waals surface area contributed by atoms with Crippen LogP contribution in [0.1, 0.15) is 43.4 Å². The van der Waals surface area contributed by atoms with Crippen LogP contribution in [0.4, 0.5) is 17.1 Å². The van der Waals surface area contributed by atoms with E-state index in [1.54, 1.807) is 31.0 Å². The van der Waals surface area contributed by atoms with Crippen molar-refractivity contribution in [3.63, 3.8) is 0 Å². The van der Waals surface area contributed by atoms with Gasteiger partial charge in [-0.2, -0.15) is 8.42 Å². The SMILES string of the molecule is COC1(Cc2ccccc2C)CCN(c2ccc(C(N)=NS(=O)(=O)c3ccc(NC(C)(C)CSc4ccccc4)c(N=O)c3)cc2)CC1. The Balaban J connectivity index is 1.23. The Morgan fingerprint density at radius 2 is 1.65 bits per heavy atom. The minimum atomic E-state index is -4.21. The van der Waals surface area contributed by atoms with Gasteiger partial charge < -0.3 is 20.7 Å². The second-order valence-electron chi connectivity index (χ2n) is 12.9. The van der Waals surface area contributed by atoms with Crippen molar-refractivity contribution in [2.75, 3.05) is 36.2 Å². The van der Waals surface area contributed by atoms with E-state index in [9.17, 15) is 13.3 Å². The number of rotatable bonds is 13. The summed E-state index contributed by atoms with van der Waals surface area (Å²) in [6, 6.07) is 30.0. The molecule has 252 valence electrons. The topological polar surface area (TPSA) is 126 Å². The number of nitroso groups, excluding NO2 is 1. The molecule has 3 N–H and O–H groups in total. The van der Waals surface area contributed by atoms with Gasteiger partial charge >= 0.3 is 0 Å². The minimum absolute atomic E-state index is 0.0232. The normalized spacial score (nSPS) is 15.2. The van der Waals surface area contributed by atoms with E-state index in [0.29, 0.717) is 17.0 Å². The van der Waals surface area contributed by atoms with E-state index >= 15 is 0 Å². The van der Waals surface area contributed by atoms with Crippen LogP contribution in [0, 0.1) is 11.8 Å². The third kappa shape index (κ3) is 8.63. The van der Waals surface area contributed by atoms with Crippen LogP contribution in [0.2, 0.25) is 0 Å². The molecule has 4 aromatic carbocycles. The number of methoxy groups -OCH3 is 1. The standard InChI is InChI=1S/C37H43N5O4S2/c1-27-10-8-9-11-29(27)25-37(46-4)20-22-42(23-21-37)30-16-14-28(15-17-30)35(38)41-48(44,45)32-18-19-33(34(24-32)40-43)39-36(2,3)26-47-31-12-6-5-7-13-31/h5-19,24,39H,20-23,25-26H2,1-4H3,(H2,38,41). The summed E-state index contributed by atoms with van der Waals surface area (Å²) in [5.41, 5.74) is 10.1. The van der Waals surface area contributed by atoms with Crippen LogP contribution in [0.25, 0.3) is 0 Å². The summed E-state index contributed by atoms with van der Waals surface area (Å²) in [4.78, 5) is 15.0. The Labute approximate surface area is 288 Å². The summed E-state index contributed by atoms with van der Waals surface area (Å²) >= 11 is 1.68. The number of sulfonamides is 1. The first-order valence-electron chi connectivity index (χ1n) is 15.9. The third-order valence-electron chi connectivity index (χ3n) is 8.81. The molecule has 5 rings (SSSR count). The zero-order valence-corrected chi connectivity index (χ0v) is 29.5. The van der Waals surface area contributed by atoms with Gasteiger partial charge in [0.1, 0.15) is 11.5 Å². The van der Waals surface area contributed by atoms with Gasteiger partial charge in [0.25, 0.3) is 10.0 Å². The van der Waals surface area contributed by atoms with Crippen LogP contribution in [-0.2, 0) is 21.2 Å². The molecule has 0 amide bonds. The predicted octanol–water partition coefficient (Wildman–Crippen LogP) is 7.70. The van der Waals surface area contributed by atoms with E-state index in [1.165, 1.54) is 29.3 Å². The van der Waals surface area contributed by atoms with Crippen LogP contribution in [0.5, 0.6) is 0 Å². The first kappa shape index (κ1) is 35.1. The molecular weight excluding hydrogens is 643 g/mol. The Morgan fingerprint density at radius 1 is 0.979 bits per heavy atom. The number of anilines is 2. The molecule has 1 aliphatic heterocycles. The van der Waals surface area contributed by atoms with E-state index in [-0.39, 0.29) is 22.0 Å². The van der Waals surface area contributed by atoms with Gasteiger partial charge in [0.15, 0.2) is 0 Å². The Bertz CT molecular complexity index is 1850. The highest BCUT2D eigenvalue weighted by molar-refractivity contribution is 7.99. The lowest BCUT2D eigenvalue weighted by molar-refractivity contribution is -0.0290. The fourth-order valence-corrected chi connectivity index (χ4v) is 7.81. The summed E-state index contributed by atoms with van der Waals surface area (Å²) in [6.07, 6.45) is 2.65. The van der Waals surface area contributed by atoms with Crippen molar-refractivity contribution in [2.45, 2.75) is 61.0 Å². The number of hydrogen-bond acceptors (Lipinski definition) is 8. The molecule has 1 fully saturated rings. The second-order valence-corrected chi connectivity index (χ2v) is 15.5. The van der Waals surface area contributed by atoms with Crippen LogP contribution >= 0.6 is 11.8 Å². The highest BCUT2D eigenvalue weighted by Gasteiger charge is 2.35. The molecule has 11 heteroatoms. The van der Waals surface area contributed by atoms with Gasteiger partial charge in [0, 0.05) is 54.1 Å². The molecule has 0 spiro atoms. The van der Waals surface area contributed by atoms with Gasteiger partial charge in [-0.25, -0.2) is 0 Å². The fourth-order valence-electron chi connectivity index (χ4n) is 5.89. The lowest BCUT2D eigenvalue weighted by Crippen LogP contribution is -2.47. The number of nitrogens with one attached hydrogen (secondary N) is 1. The van der Waals surface area contributed by atoms with Crippen molar-refractivity contribution in [1.82, 2.24) is 0 Å². The largest absolute Gasteiger partial charge is 0.383 e. The van der Waals surface area contributed by atoms with E-state index in [0.717, 1.165) is 42.9 Å². The summed E-state index contributed by atoms with van der Waals surface area (Å²) in [6.45, 7) is 7.81. The van der Waals surface area contributed by atoms with Gasteiger partial charge in [-0.15, -0.1) is 21.1 Å². The quantitative estimate of drug-likeness (QED) is 0.0635. The maximum atomic E-state index is 13.2. The smallest absolute Gasteiger partial charge is 0.284 e. The second kappa shape index (κ2) is 14.9. The number of piperidine rings is 1. The van der Waals surface area contributed by atoms with Gasteiger partial charge in [0.2, 0.25) is 0 Å². The molecule has 1 saturated heterocycles. The molecule has 0 unspecified atom stereocenters. The van der Waals surface area contributed by atoms with E-state index in [2.05, 4.69) is 51.0 Å². The summed E-state index contributed by atoms with van der Waals surface area (Å²) in [5, 5.41) is 6.43. The van der Waals surface area contributed by atoms with Crippen molar-refractivity contribution in [3.05, 3.63) is 119 Å². The zero-order valence-electron chi connectivity index (χ0n) is 27.8. The van der Waals surface area contributed by atoms with Crippen molar-refractivity contribution >= 4 is 44.7 Å². The zero-order chi connectivity index (χ0) is 34.4. The molecule has 48 heavy (non-hydrogen) atoms. The maximum absolute atomic E-state index is 13.2. The maximum Gasteiger partial charge on any atom is 0.284 e. The molecular formula is C37H43N5O4S2. The van der Waals surface area contributed by atoms with Crippen LogP contribution in [0.15, 0.2) is 116 Å². The number of hydrogen-bond donors (Lipinski definition) is 2. The molecule has 0 atom stereocenters. The van der Waals surface area contributed by atoms with E-state index in [1.807, 2.05) is 56.3 Å². The number of amidine groups is 1. The Morgan fingerprint density at radius 3 is 2.29 bits per heavy atom. The first-order valence-corrected chi connectivity index (χ1v) is 18.3. The number of aryl methyl sites for hydroxylation is 1. The highest BCUT2D eigenvalue weighted by atomic mass is 32.2. The van der Waals surface area contributed by atoms with Gasteiger partial charge in [-0.3, -0.25) is 0 Å². The predicted molar refractivity (Wildman–Crippen MR) is 197 cm³/mol. The van der Waals surface area contributed by atoms with Crippen molar-refractivity contribution in [1.29, 1.82) is 0 Å². The average molecular weight is 686 g/mol. The average Bonchev–Trinajstić information content (AvgIpc) is 3.09. The van der Waals surface area contributed by atoms with Crippen LogP contribution in [0.3, 0.4) is 0 Å². The fraction of sp³-hybridized carbons (Fsp3) is 0.324. The molecule has 0 saturated carbocycles. The Kier molecular flexibility index (Phi) is 10.9. The third-order valence-corrected chi connectivity index (χ3v) is 11.6. The lowest BCUT2D eigenvalue weighted by Gasteiger charge is -2.42. The minimum Gasteiger partial charge on any atom is -0.383 e. The number of nitrogens with two attached hydrogens (primary N) is 1.